The Morgan fingerprint density at radius 3 is 2.64 bits per heavy atom. The molecule has 0 saturated heterocycles. The van der Waals surface area contributed by atoms with E-state index in [1.54, 1.807) is 6.26 Å². The highest BCUT2D eigenvalue weighted by molar-refractivity contribution is 5.27. The van der Waals surface area contributed by atoms with Crippen LogP contribution in [0.15, 0.2) is 39.4 Å². The van der Waals surface area contributed by atoms with E-state index in [9.17, 15) is 0 Å². The molecule has 1 fully saturated rings. The van der Waals surface area contributed by atoms with Crippen LogP contribution in [0.1, 0.15) is 35.5 Å². The predicted molar refractivity (Wildman–Crippen MR) is 52.3 cm³/mol. The Morgan fingerprint density at radius 2 is 2.00 bits per heavy atom. The van der Waals surface area contributed by atoms with Crippen LogP contribution >= 0.6 is 0 Å². The van der Waals surface area contributed by atoms with Crippen molar-refractivity contribution in [3.8, 4) is 0 Å². The van der Waals surface area contributed by atoms with Crippen molar-refractivity contribution in [3.63, 3.8) is 0 Å². The van der Waals surface area contributed by atoms with Gasteiger partial charge in [0.25, 0.3) is 0 Å². The Bertz CT molecular complexity index is 425. The Labute approximate surface area is 82.5 Å². The molecule has 1 saturated carbocycles. The lowest BCUT2D eigenvalue weighted by Crippen LogP contribution is -1.78. The van der Waals surface area contributed by atoms with Crippen molar-refractivity contribution in [3.05, 3.63) is 47.8 Å². The van der Waals surface area contributed by atoms with Crippen molar-refractivity contribution in [2.24, 2.45) is 0 Å². The summed E-state index contributed by atoms with van der Waals surface area (Å²) in [5.74, 6) is 4.25. The third-order valence-corrected chi connectivity index (χ3v) is 2.83. The average Bonchev–Trinajstić information content (AvgIpc) is 2.66. The number of aryl methyl sites for hydroxylation is 1. The van der Waals surface area contributed by atoms with Gasteiger partial charge in [0, 0.05) is 11.8 Å². The Hall–Kier alpha value is -1.44. The summed E-state index contributed by atoms with van der Waals surface area (Å²) in [5.41, 5.74) is 0. The number of rotatable bonds is 2. The average molecular weight is 188 g/mol. The number of hydrogen-bond donors (Lipinski definition) is 0. The smallest absolute Gasteiger partial charge is 0.107 e. The molecule has 0 radical (unpaired) electrons. The first-order chi connectivity index (χ1) is 6.84. The van der Waals surface area contributed by atoms with Crippen LogP contribution in [-0.2, 0) is 0 Å². The summed E-state index contributed by atoms with van der Waals surface area (Å²) in [6.07, 6.45) is 2.89. The minimum Gasteiger partial charge on any atom is -0.469 e. The van der Waals surface area contributed by atoms with Gasteiger partial charge in [-0.05, 0) is 37.6 Å². The minimum absolute atomic E-state index is 0.537. The molecular weight excluding hydrogens is 176 g/mol. The van der Waals surface area contributed by atoms with Gasteiger partial charge in [0.2, 0.25) is 0 Å². The van der Waals surface area contributed by atoms with Gasteiger partial charge in [-0.2, -0.15) is 0 Å². The standard InChI is InChI=1S/C12H12O2/c1-8-4-5-12(14-8)10-7-9(10)11-3-2-6-13-11/h2-6,9-10H,7H2,1H3. The zero-order valence-electron chi connectivity index (χ0n) is 8.07. The van der Waals surface area contributed by atoms with Gasteiger partial charge in [0.15, 0.2) is 0 Å². The van der Waals surface area contributed by atoms with Crippen LogP contribution in [0.3, 0.4) is 0 Å². The van der Waals surface area contributed by atoms with E-state index in [1.807, 2.05) is 25.1 Å². The largest absolute Gasteiger partial charge is 0.469 e. The maximum atomic E-state index is 5.59. The second-order valence-electron chi connectivity index (χ2n) is 3.91. The molecule has 2 unspecified atom stereocenters. The highest BCUT2D eigenvalue weighted by Crippen LogP contribution is 2.54. The van der Waals surface area contributed by atoms with E-state index in [0.29, 0.717) is 11.8 Å². The topological polar surface area (TPSA) is 26.3 Å². The molecule has 2 heterocycles. The second-order valence-corrected chi connectivity index (χ2v) is 3.91. The van der Waals surface area contributed by atoms with E-state index in [-0.39, 0.29) is 0 Å². The van der Waals surface area contributed by atoms with Crippen LogP contribution in [0, 0.1) is 6.92 Å². The highest BCUT2D eigenvalue weighted by Gasteiger charge is 2.43. The van der Waals surface area contributed by atoms with Crippen molar-refractivity contribution in [1.82, 2.24) is 0 Å². The first kappa shape index (κ1) is 7.92. The summed E-state index contributed by atoms with van der Waals surface area (Å²) in [7, 11) is 0. The molecule has 0 aliphatic heterocycles. The van der Waals surface area contributed by atoms with Crippen molar-refractivity contribution in [2.75, 3.05) is 0 Å². The normalized spacial score (nSPS) is 25.2. The van der Waals surface area contributed by atoms with E-state index in [4.69, 9.17) is 8.83 Å². The Balaban J connectivity index is 1.80. The molecule has 72 valence electrons. The van der Waals surface area contributed by atoms with Gasteiger partial charge in [0.05, 0.1) is 6.26 Å². The maximum Gasteiger partial charge on any atom is 0.107 e. The lowest BCUT2D eigenvalue weighted by atomic mass is 10.2. The van der Waals surface area contributed by atoms with Crippen LogP contribution in [-0.4, -0.2) is 0 Å². The van der Waals surface area contributed by atoms with Crippen LogP contribution in [0.5, 0.6) is 0 Å². The first-order valence-electron chi connectivity index (χ1n) is 4.94. The SMILES string of the molecule is Cc1ccc(C2CC2c2ccco2)o1. The minimum atomic E-state index is 0.537. The van der Waals surface area contributed by atoms with Gasteiger partial charge in [-0.25, -0.2) is 0 Å². The molecule has 0 bridgehead atoms. The molecule has 2 heteroatoms. The Kier molecular flexibility index (Phi) is 1.57. The van der Waals surface area contributed by atoms with Crippen molar-refractivity contribution >= 4 is 0 Å². The zero-order chi connectivity index (χ0) is 9.54. The van der Waals surface area contributed by atoms with Gasteiger partial charge in [-0.15, -0.1) is 0 Å². The van der Waals surface area contributed by atoms with E-state index < -0.39 is 0 Å². The fourth-order valence-electron chi connectivity index (χ4n) is 1.98. The van der Waals surface area contributed by atoms with Crippen LogP contribution < -0.4 is 0 Å². The molecule has 3 rings (SSSR count). The highest BCUT2D eigenvalue weighted by atomic mass is 16.3. The quantitative estimate of drug-likeness (QED) is 0.721. The van der Waals surface area contributed by atoms with Crippen LogP contribution in [0.2, 0.25) is 0 Å². The van der Waals surface area contributed by atoms with E-state index in [0.717, 1.165) is 23.7 Å². The molecule has 2 aromatic heterocycles. The zero-order valence-corrected chi connectivity index (χ0v) is 8.07. The number of hydrogen-bond acceptors (Lipinski definition) is 2. The van der Waals surface area contributed by atoms with Crippen LogP contribution in [0.25, 0.3) is 0 Å². The Morgan fingerprint density at radius 1 is 1.14 bits per heavy atom. The van der Waals surface area contributed by atoms with E-state index in [2.05, 4.69) is 6.07 Å². The monoisotopic (exact) mass is 188 g/mol. The van der Waals surface area contributed by atoms with Gasteiger partial charge >= 0.3 is 0 Å². The first-order valence-corrected chi connectivity index (χ1v) is 4.94. The maximum absolute atomic E-state index is 5.59. The third kappa shape index (κ3) is 1.18. The van der Waals surface area contributed by atoms with E-state index in [1.165, 1.54) is 0 Å². The second kappa shape index (κ2) is 2.77. The molecule has 1 aliphatic carbocycles. The molecule has 2 aromatic rings. The van der Waals surface area contributed by atoms with Gasteiger partial charge < -0.3 is 8.83 Å². The van der Waals surface area contributed by atoms with Gasteiger partial charge in [0.1, 0.15) is 17.3 Å². The summed E-state index contributed by atoms with van der Waals surface area (Å²) in [6.45, 7) is 1.98. The molecule has 0 spiro atoms. The molecule has 0 aromatic carbocycles. The summed E-state index contributed by atoms with van der Waals surface area (Å²) < 4.78 is 11.0. The third-order valence-electron chi connectivity index (χ3n) is 2.83. The molecular formula is C12H12O2. The molecule has 2 nitrogen and oxygen atoms in total. The van der Waals surface area contributed by atoms with E-state index >= 15 is 0 Å². The molecule has 1 aliphatic rings. The summed E-state index contributed by atoms with van der Waals surface area (Å²) in [4.78, 5) is 0. The fraction of sp³-hybridized carbons (Fsp3) is 0.333. The lowest BCUT2D eigenvalue weighted by Gasteiger charge is -1.92. The summed E-state index contributed by atoms with van der Waals surface area (Å²) in [6, 6.07) is 8.08. The van der Waals surface area contributed by atoms with Gasteiger partial charge in [-0.3, -0.25) is 0 Å². The number of furan rings is 2. The molecule has 0 N–H and O–H groups in total. The molecule has 14 heavy (non-hydrogen) atoms. The van der Waals surface area contributed by atoms with Gasteiger partial charge in [-0.1, -0.05) is 0 Å². The van der Waals surface area contributed by atoms with Crippen LogP contribution in [0.4, 0.5) is 0 Å². The lowest BCUT2D eigenvalue weighted by molar-refractivity contribution is 0.470. The van der Waals surface area contributed by atoms with Crippen molar-refractivity contribution in [2.45, 2.75) is 25.2 Å². The fourth-order valence-corrected chi connectivity index (χ4v) is 1.98. The summed E-state index contributed by atoms with van der Waals surface area (Å²) >= 11 is 0. The molecule has 2 atom stereocenters. The van der Waals surface area contributed by atoms with Crippen molar-refractivity contribution in [1.29, 1.82) is 0 Å². The predicted octanol–water partition coefficient (Wildman–Crippen LogP) is 3.45. The van der Waals surface area contributed by atoms with Crippen molar-refractivity contribution < 1.29 is 8.83 Å². The molecule has 0 amide bonds. The summed E-state index contributed by atoms with van der Waals surface area (Å²) in [5, 5.41) is 0.